The number of nitrogens with zero attached hydrogens (tertiary/aromatic N) is 1. The van der Waals surface area contributed by atoms with Crippen LogP contribution < -0.4 is 20.3 Å². The zero-order valence-electron chi connectivity index (χ0n) is 17.5. The van der Waals surface area contributed by atoms with Crippen LogP contribution in [0.15, 0.2) is 42.5 Å². The van der Waals surface area contributed by atoms with Crippen LogP contribution in [0.1, 0.15) is 29.6 Å². The Morgan fingerprint density at radius 3 is 2.65 bits per heavy atom. The molecule has 2 amide bonds. The molecule has 0 radical (unpaired) electrons. The first-order chi connectivity index (χ1) is 14.8. The van der Waals surface area contributed by atoms with Gasteiger partial charge in [0, 0.05) is 37.4 Å². The lowest BCUT2D eigenvalue weighted by molar-refractivity contribution is -0.124. The van der Waals surface area contributed by atoms with Crippen molar-refractivity contribution in [1.82, 2.24) is 10.6 Å². The van der Waals surface area contributed by atoms with E-state index in [0.717, 1.165) is 24.6 Å². The second kappa shape index (κ2) is 8.38. The second-order valence-corrected chi connectivity index (χ2v) is 8.96. The van der Waals surface area contributed by atoms with Crippen molar-refractivity contribution in [2.45, 2.75) is 30.8 Å². The van der Waals surface area contributed by atoms with Gasteiger partial charge in [0.1, 0.15) is 11.6 Å². The van der Waals surface area contributed by atoms with Crippen LogP contribution in [0.3, 0.4) is 0 Å². The van der Waals surface area contributed by atoms with Crippen LogP contribution in [0.25, 0.3) is 0 Å². The fourth-order valence-corrected chi connectivity index (χ4v) is 4.75. The topological polar surface area (TPSA) is 70.7 Å². The van der Waals surface area contributed by atoms with Crippen molar-refractivity contribution in [3.05, 3.63) is 58.9 Å². The molecular formula is C23H25ClFN3O3. The second-order valence-electron chi connectivity index (χ2n) is 8.56. The molecule has 0 heterocycles. The molecule has 5 rings (SSSR count). The van der Waals surface area contributed by atoms with E-state index in [0.29, 0.717) is 17.9 Å². The van der Waals surface area contributed by atoms with E-state index in [9.17, 15) is 14.0 Å². The van der Waals surface area contributed by atoms with Crippen LogP contribution in [-0.4, -0.2) is 44.1 Å². The van der Waals surface area contributed by atoms with Crippen LogP contribution in [0, 0.1) is 11.7 Å². The highest BCUT2D eigenvalue weighted by Crippen LogP contribution is 2.52. The molecule has 0 aromatic heterocycles. The highest BCUT2D eigenvalue weighted by Gasteiger charge is 2.57. The molecule has 1 unspecified atom stereocenters. The Balaban J connectivity index is 1.30. The highest BCUT2D eigenvalue weighted by molar-refractivity contribution is 6.30. The molecule has 1 atom stereocenters. The average Bonchev–Trinajstić information content (AvgIpc) is 3.22. The number of halogens is 2. The normalized spacial score (nSPS) is 23.6. The summed E-state index contributed by atoms with van der Waals surface area (Å²) in [6.07, 6.45) is 2.38. The number of amides is 2. The SMILES string of the molecule is CN(C)c1ccccc1C(=O)NC12CC(C1)C(NC(=O)COc1ccc(Cl)c(F)c1)C2. The Morgan fingerprint density at radius 2 is 1.94 bits per heavy atom. The number of hydrogen-bond acceptors (Lipinski definition) is 4. The number of ether oxygens (including phenoxy) is 1. The van der Waals surface area contributed by atoms with Crippen molar-refractivity contribution in [3.63, 3.8) is 0 Å². The first-order valence-corrected chi connectivity index (χ1v) is 10.6. The minimum absolute atomic E-state index is 0.00285. The number of carbonyl (C=O) groups excluding carboxylic acids is 2. The third-order valence-electron chi connectivity index (χ3n) is 6.10. The highest BCUT2D eigenvalue weighted by atomic mass is 35.5. The van der Waals surface area contributed by atoms with Crippen LogP contribution in [-0.2, 0) is 4.79 Å². The molecule has 2 N–H and O–H groups in total. The number of hydrogen-bond donors (Lipinski definition) is 2. The molecule has 164 valence electrons. The number of nitrogens with one attached hydrogen (secondary N) is 2. The summed E-state index contributed by atoms with van der Waals surface area (Å²) in [4.78, 5) is 27.1. The third-order valence-corrected chi connectivity index (χ3v) is 6.41. The van der Waals surface area contributed by atoms with Crippen LogP contribution in [0.5, 0.6) is 5.75 Å². The average molecular weight is 446 g/mol. The maximum atomic E-state index is 13.5. The zero-order chi connectivity index (χ0) is 22.2. The van der Waals surface area contributed by atoms with Gasteiger partial charge in [0.25, 0.3) is 11.8 Å². The Labute approximate surface area is 185 Å². The molecule has 2 aromatic carbocycles. The van der Waals surface area contributed by atoms with Crippen molar-refractivity contribution in [2.24, 2.45) is 5.92 Å². The van der Waals surface area contributed by atoms with Crippen LogP contribution in [0.4, 0.5) is 10.1 Å². The number of benzene rings is 2. The van der Waals surface area contributed by atoms with E-state index >= 15 is 0 Å². The van der Waals surface area contributed by atoms with Gasteiger partial charge >= 0.3 is 0 Å². The van der Waals surface area contributed by atoms with E-state index in [2.05, 4.69) is 10.6 Å². The largest absolute Gasteiger partial charge is 0.484 e. The van der Waals surface area contributed by atoms with Crippen molar-refractivity contribution >= 4 is 29.1 Å². The molecule has 3 saturated carbocycles. The van der Waals surface area contributed by atoms with Gasteiger partial charge in [-0.2, -0.15) is 0 Å². The standard InChI is InChI=1S/C23H25ClFN3O3/c1-28(2)20-6-4-3-5-16(20)22(30)27-23-10-14(11-23)19(12-23)26-21(29)13-31-15-7-8-17(24)18(25)9-15/h3-9,14,19H,10-13H2,1-2H3,(H,26,29)(H,27,30). The van der Waals surface area contributed by atoms with Crippen LogP contribution in [0.2, 0.25) is 5.02 Å². The minimum atomic E-state index is -0.593. The molecule has 2 aromatic rings. The summed E-state index contributed by atoms with van der Waals surface area (Å²) in [5.74, 6) is -0.378. The summed E-state index contributed by atoms with van der Waals surface area (Å²) >= 11 is 5.65. The number of para-hydroxylation sites is 1. The van der Waals surface area contributed by atoms with Gasteiger partial charge in [-0.05, 0) is 49.4 Å². The molecule has 3 fully saturated rings. The Bertz CT molecular complexity index is 1010. The molecule has 3 aliphatic carbocycles. The minimum Gasteiger partial charge on any atom is -0.484 e. The van der Waals surface area contributed by atoms with E-state index in [-0.39, 0.29) is 40.8 Å². The molecule has 6 nitrogen and oxygen atoms in total. The first-order valence-electron chi connectivity index (χ1n) is 10.2. The van der Waals surface area contributed by atoms with Crippen molar-refractivity contribution in [3.8, 4) is 5.75 Å². The molecule has 0 aliphatic heterocycles. The number of rotatable bonds is 7. The molecular weight excluding hydrogens is 421 g/mol. The van der Waals surface area contributed by atoms with Gasteiger partial charge in [-0.25, -0.2) is 4.39 Å². The van der Waals surface area contributed by atoms with Gasteiger partial charge in [0.15, 0.2) is 6.61 Å². The summed E-state index contributed by atoms with van der Waals surface area (Å²) in [6, 6.07) is 11.5. The Morgan fingerprint density at radius 1 is 1.19 bits per heavy atom. The predicted molar refractivity (Wildman–Crippen MR) is 117 cm³/mol. The molecule has 2 bridgehead atoms. The van der Waals surface area contributed by atoms with Gasteiger partial charge in [-0.1, -0.05) is 23.7 Å². The van der Waals surface area contributed by atoms with E-state index in [4.69, 9.17) is 16.3 Å². The quantitative estimate of drug-likeness (QED) is 0.685. The van der Waals surface area contributed by atoms with Crippen molar-refractivity contribution < 1.29 is 18.7 Å². The summed E-state index contributed by atoms with van der Waals surface area (Å²) < 4.78 is 18.8. The zero-order valence-corrected chi connectivity index (χ0v) is 18.2. The number of fused-ring (bicyclic) bond motifs is 1. The fourth-order valence-electron chi connectivity index (χ4n) is 4.63. The van der Waals surface area contributed by atoms with E-state index < -0.39 is 5.82 Å². The summed E-state index contributed by atoms with van der Waals surface area (Å²) in [7, 11) is 3.82. The molecule has 31 heavy (non-hydrogen) atoms. The smallest absolute Gasteiger partial charge is 0.258 e. The lowest BCUT2D eigenvalue weighted by Gasteiger charge is -2.39. The lowest BCUT2D eigenvalue weighted by atomic mass is 9.76. The van der Waals surface area contributed by atoms with Gasteiger partial charge in [0.2, 0.25) is 0 Å². The summed E-state index contributed by atoms with van der Waals surface area (Å²) in [5, 5.41) is 6.20. The summed E-state index contributed by atoms with van der Waals surface area (Å²) in [6.45, 7) is -0.208. The number of anilines is 1. The van der Waals surface area contributed by atoms with Crippen molar-refractivity contribution in [2.75, 3.05) is 25.6 Å². The summed E-state index contributed by atoms with van der Waals surface area (Å²) in [5.41, 5.74) is 1.23. The Hall–Kier alpha value is -2.80. The fraction of sp³-hybridized carbons (Fsp3) is 0.391. The molecule has 0 saturated heterocycles. The van der Waals surface area contributed by atoms with Gasteiger partial charge in [-0.15, -0.1) is 0 Å². The lowest BCUT2D eigenvalue weighted by Crippen LogP contribution is -2.52. The van der Waals surface area contributed by atoms with Gasteiger partial charge < -0.3 is 20.3 Å². The number of carbonyl (C=O) groups is 2. The van der Waals surface area contributed by atoms with Crippen molar-refractivity contribution in [1.29, 1.82) is 0 Å². The van der Waals surface area contributed by atoms with E-state index in [1.54, 1.807) is 0 Å². The third kappa shape index (κ3) is 4.46. The predicted octanol–water partition coefficient (Wildman–Crippen LogP) is 3.39. The first kappa shape index (κ1) is 21.4. The van der Waals surface area contributed by atoms with E-state index in [1.165, 1.54) is 12.1 Å². The van der Waals surface area contributed by atoms with E-state index in [1.807, 2.05) is 43.3 Å². The molecule has 3 aliphatic rings. The molecule has 0 spiro atoms. The maximum Gasteiger partial charge on any atom is 0.258 e. The van der Waals surface area contributed by atoms with Crippen LogP contribution >= 0.6 is 11.6 Å². The van der Waals surface area contributed by atoms with Gasteiger partial charge in [0.05, 0.1) is 10.6 Å². The monoisotopic (exact) mass is 445 g/mol. The van der Waals surface area contributed by atoms with Gasteiger partial charge in [-0.3, -0.25) is 9.59 Å². The Kier molecular flexibility index (Phi) is 5.79. The molecule has 8 heteroatoms. The maximum absolute atomic E-state index is 13.5.